The lowest BCUT2D eigenvalue weighted by Crippen LogP contribution is -2.01. The van der Waals surface area contributed by atoms with Crippen molar-refractivity contribution < 1.29 is 9.50 Å². The van der Waals surface area contributed by atoms with Gasteiger partial charge in [0.2, 0.25) is 0 Å². The average Bonchev–Trinajstić information content (AvgIpc) is 2.74. The van der Waals surface area contributed by atoms with Gasteiger partial charge in [0.15, 0.2) is 0 Å². The van der Waals surface area contributed by atoms with E-state index >= 15 is 0 Å². The molecule has 0 bridgehead atoms. The van der Waals surface area contributed by atoms with Crippen molar-refractivity contribution in [3.63, 3.8) is 0 Å². The maximum Gasteiger partial charge on any atom is 0.147 e. The van der Waals surface area contributed by atoms with Gasteiger partial charge in [-0.25, -0.2) is 4.39 Å². The summed E-state index contributed by atoms with van der Waals surface area (Å²) in [6.45, 7) is 0. The van der Waals surface area contributed by atoms with E-state index < -0.39 is 11.9 Å². The van der Waals surface area contributed by atoms with Gasteiger partial charge in [0.05, 0.1) is 5.02 Å². The first-order chi connectivity index (χ1) is 7.20. The Morgan fingerprint density at radius 1 is 1.33 bits per heavy atom. The van der Waals surface area contributed by atoms with Crippen LogP contribution in [0.1, 0.15) is 17.2 Å². The Hall–Kier alpha value is -0.900. The lowest BCUT2D eigenvalue weighted by atomic mass is 10.0. The summed E-state index contributed by atoms with van der Waals surface area (Å²) < 4.78 is 13.6. The number of halogens is 2. The standard InChI is InChI=1S/C11H8ClFOS/c12-9-3-1-2-8(10(9)13)11(14)7-4-5-15-6-7/h1-6,11,14H. The zero-order valence-corrected chi connectivity index (χ0v) is 9.23. The molecule has 1 nitrogen and oxygen atoms in total. The lowest BCUT2D eigenvalue weighted by molar-refractivity contribution is 0.215. The maximum absolute atomic E-state index is 13.6. The van der Waals surface area contributed by atoms with Crippen LogP contribution in [0.2, 0.25) is 5.02 Å². The smallest absolute Gasteiger partial charge is 0.147 e. The van der Waals surface area contributed by atoms with Crippen molar-refractivity contribution in [3.05, 3.63) is 57.0 Å². The van der Waals surface area contributed by atoms with E-state index in [2.05, 4.69) is 0 Å². The molecule has 1 aromatic carbocycles. The predicted octanol–water partition coefficient (Wildman–Crippen LogP) is 3.62. The van der Waals surface area contributed by atoms with Crippen LogP contribution in [0.4, 0.5) is 4.39 Å². The SMILES string of the molecule is OC(c1ccsc1)c1cccc(Cl)c1F. The van der Waals surface area contributed by atoms with E-state index in [0.717, 1.165) is 0 Å². The third kappa shape index (κ3) is 2.04. The van der Waals surface area contributed by atoms with Gasteiger partial charge in [-0.05, 0) is 28.5 Å². The number of aliphatic hydroxyl groups excluding tert-OH is 1. The fourth-order valence-corrected chi connectivity index (χ4v) is 2.20. The Morgan fingerprint density at radius 2 is 2.13 bits per heavy atom. The molecular weight excluding hydrogens is 235 g/mol. The van der Waals surface area contributed by atoms with Crippen LogP contribution in [0.15, 0.2) is 35.0 Å². The number of thiophene rings is 1. The highest BCUT2D eigenvalue weighted by molar-refractivity contribution is 7.07. The molecule has 0 saturated carbocycles. The van der Waals surface area contributed by atoms with Gasteiger partial charge in [0.1, 0.15) is 11.9 Å². The summed E-state index contributed by atoms with van der Waals surface area (Å²) >= 11 is 7.09. The normalized spacial score (nSPS) is 12.7. The van der Waals surface area contributed by atoms with E-state index in [1.165, 1.54) is 23.5 Å². The molecule has 15 heavy (non-hydrogen) atoms. The zero-order valence-electron chi connectivity index (χ0n) is 7.65. The first-order valence-electron chi connectivity index (χ1n) is 4.34. The minimum atomic E-state index is -0.949. The Kier molecular flexibility index (Phi) is 3.05. The molecule has 0 amide bonds. The number of hydrogen-bond donors (Lipinski definition) is 1. The highest BCUT2D eigenvalue weighted by atomic mass is 35.5. The summed E-state index contributed by atoms with van der Waals surface area (Å²) in [7, 11) is 0. The predicted molar refractivity (Wildman–Crippen MR) is 59.8 cm³/mol. The highest BCUT2D eigenvalue weighted by Gasteiger charge is 2.16. The van der Waals surface area contributed by atoms with E-state index in [4.69, 9.17) is 11.6 Å². The number of hydrogen-bond acceptors (Lipinski definition) is 2. The third-order valence-electron chi connectivity index (χ3n) is 2.13. The molecular formula is C11H8ClFOS. The summed E-state index contributed by atoms with van der Waals surface area (Å²) in [5, 5.41) is 13.5. The number of aliphatic hydroxyl groups is 1. The largest absolute Gasteiger partial charge is 0.384 e. The second-order valence-corrected chi connectivity index (χ2v) is 4.29. The van der Waals surface area contributed by atoms with Crippen LogP contribution < -0.4 is 0 Å². The van der Waals surface area contributed by atoms with Gasteiger partial charge < -0.3 is 5.11 Å². The van der Waals surface area contributed by atoms with Crippen LogP contribution in [0.3, 0.4) is 0 Å². The van der Waals surface area contributed by atoms with Crippen molar-refractivity contribution in [2.45, 2.75) is 6.10 Å². The molecule has 0 fully saturated rings. The second kappa shape index (κ2) is 4.31. The van der Waals surface area contributed by atoms with Crippen molar-refractivity contribution in [2.24, 2.45) is 0 Å². The first-order valence-corrected chi connectivity index (χ1v) is 5.66. The molecule has 0 saturated heterocycles. The fraction of sp³-hybridized carbons (Fsp3) is 0.0909. The summed E-state index contributed by atoms with van der Waals surface area (Å²) in [4.78, 5) is 0. The van der Waals surface area contributed by atoms with E-state index in [1.807, 2.05) is 5.38 Å². The number of benzene rings is 1. The fourth-order valence-electron chi connectivity index (χ4n) is 1.34. The monoisotopic (exact) mass is 242 g/mol. The van der Waals surface area contributed by atoms with Crippen LogP contribution in [0.5, 0.6) is 0 Å². The molecule has 1 unspecified atom stereocenters. The molecule has 1 N–H and O–H groups in total. The van der Waals surface area contributed by atoms with Crippen LogP contribution in [-0.4, -0.2) is 5.11 Å². The molecule has 1 atom stereocenters. The first kappa shape index (κ1) is 10.6. The van der Waals surface area contributed by atoms with Crippen LogP contribution in [-0.2, 0) is 0 Å². The Bertz CT molecular complexity index is 456. The van der Waals surface area contributed by atoms with Crippen molar-refractivity contribution in [3.8, 4) is 0 Å². The molecule has 0 radical (unpaired) electrons. The zero-order chi connectivity index (χ0) is 10.8. The summed E-state index contributed by atoms with van der Waals surface area (Å²) in [6.07, 6.45) is -0.949. The van der Waals surface area contributed by atoms with Gasteiger partial charge in [0.25, 0.3) is 0 Å². The van der Waals surface area contributed by atoms with E-state index in [1.54, 1.807) is 17.5 Å². The quantitative estimate of drug-likeness (QED) is 0.853. The highest BCUT2D eigenvalue weighted by Crippen LogP contribution is 2.28. The van der Waals surface area contributed by atoms with Crippen LogP contribution in [0, 0.1) is 5.82 Å². The number of rotatable bonds is 2. The van der Waals surface area contributed by atoms with Crippen molar-refractivity contribution in [1.29, 1.82) is 0 Å². The lowest BCUT2D eigenvalue weighted by Gasteiger charge is -2.10. The minimum Gasteiger partial charge on any atom is -0.384 e. The maximum atomic E-state index is 13.6. The van der Waals surface area contributed by atoms with Crippen molar-refractivity contribution >= 4 is 22.9 Å². The molecule has 1 heterocycles. The van der Waals surface area contributed by atoms with Crippen LogP contribution in [0.25, 0.3) is 0 Å². The van der Waals surface area contributed by atoms with Gasteiger partial charge in [0, 0.05) is 5.56 Å². The third-order valence-corrected chi connectivity index (χ3v) is 3.13. The molecule has 0 aliphatic rings. The van der Waals surface area contributed by atoms with Gasteiger partial charge in [-0.15, -0.1) is 0 Å². The summed E-state index contributed by atoms with van der Waals surface area (Å²) in [5.41, 5.74) is 0.891. The van der Waals surface area contributed by atoms with Crippen molar-refractivity contribution in [1.82, 2.24) is 0 Å². The molecule has 0 spiro atoms. The Morgan fingerprint density at radius 3 is 2.80 bits per heavy atom. The summed E-state index contributed by atoms with van der Waals surface area (Å²) in [5.74, 6) is -0.558. The summed E-state index contributed by atoms with van der Waals surface area (Å²) in [6, 6.07) is 6.37. The van der Waals surface area contributed by atoms with Gasteiger partial charge >= 0.3 is 0 Å². The molecule has 0 aliphatic carbocycles. The molecule has 2 aromatic rings. The van der Waals surface area contributed by atoms with Gasteiger partial charge in [-0.2, -0.15) is 11.3 Å². The molecule has 78 valence electrons. The molecule has 2 rings (SSSR count). The Labute approximate surface area is 95.8 Å². The van der Waals surface area contributed by atoms with E-state index in [0.29, 0.717) is 5.56 Å². The molecule has 0 aliphatic heterocycles. The molecule has 1 aromatic heterocycles. The Balaban J connectivity index is 2.42. The average molecular weight is 243 g/mol. The van der Waals surface area contributed by atoms with Crippen molar-refractivity contribution in [2.75, 3.05) is 0 Å². The second-order valence-electron chi connectivity index (χ2n) is 3.10. The van der Waals surface area contributed by atoms with Gasteiger partial charge in [-0.3, -0.25) is 0 Å². The minimum absolute atomic E-state index is 0.0294. The molecule has 4 heteroatoms. The van der Waals surface area contributed by atoms with E-state index in [9.17, 15) is 9.50 Å². The van der Waals surface area contributed by atoms with Gasteiger partial charge in [-0.1, -0.05) is 23.7 Å². The van der Waals surface area contributed by atoms with E-state index in [-0.39, 0.29) is 10.6 Å². The van der Waals surface area contributed by atoms with Crippen LogP contribution >= 0.6 is 22.9 Å². The topological polar surface area (TPSA) is 20.2 Å².